The van der Waals surface area contributed by atoms with Gasteiger partial charge in [0.1, 0.15) is 38.2 Å². The van der Waals surface area contributed by atoms with Crippen molar-refractivity contribution < 1.29 is 43.7 Å². The highest BCUT2D eigenvalue weighted by Crippen LogP contribution is 2.59. The van der Waals surface area contributed by atoms with Gasteiger partial charge in [-0.2, -0.15) is 0 Å². The second kappa shape index (κ2) is 53.8. The summed E-state index contributed by atoms with van der Waals surface area (Å²) in [5.41, 5.74) is 13.3. The molecule has 120 heavy (non-hydrogen) atoms. The summed E-state index contributed by atoms with van der Waals surface area (Å²) in [5.74, 6) is 3.06. The Morgan fingerprint density at radius 2 is 0.792 bits per heavy atom. The second-order valence-corrected chi connectivity index (χ2v) is 46.9. The van der Waals surface area contributed by atoms with Crippen molar-refractivity contribution in [2.75, 3.05) is 20.9 Å². The first-order valence-corrected chi connectivity index (χ1v) is 48.5. The quantitative estimate of drug-likeness (QED) is 0.0264. The molecule has 32 heteroatoms. The largest absolute Gasteiger partial charge is 0.488 e. The molecule has 0 radical (unpaired) electrons. The molecule has 0 saturated heterocycles. The maximum Gasteiger partial charge on any atom is 0.488 e. The number of benzene rings is 4. The number of para-hydroxylation sites is 2. The topological polar surface area (TPSA) is 287 Å². The number of nitrogens with zero attached hydrogens (tertiary/aromatic N) is 10. The second-order valence-electron chi connectivity index (χ2n) is 27.3. The highest BCUT2D eigenvalue weighted by molar-refractivity contribution is 9.93. The summed E-state index contributed by atoms with van der Waals surface area (Å²) >= 11 is 26.1. The van der Waals surface area contributed by atoms with E-state index >= 15 is 0 Å². The van der Waals surface area contributed by atoms with Gasteiger partial charge in [0.05, 0.1) is 60.4 Å². The number of nitrogens with one attached hydrogen (secondary N) is 3. The van der Waals surface area contributed by atoms with Crippen LogP contribution in [-0.2, 0) is 41.0 Å². The fourth-order valence-corrected chi connectivity index (χ4v) is 10.8. The van der Waals surface area contributed by atoms with E-state index in [2.05, 4.69) is 193 Å². The molecule has 0 aliphatic rings. The number of aliphatic hydroxyl groups excluding tert-OH is 1. The molecule has 626 valence electrons. The highest BCUT2D eigenvalue weighted by atomic mass is 80.0. The molecule has 13 rings (SSSR count). The summed E-state index contributed by atoms with van der Waals surface area (Å²) < 4.78 is 25.7. The molecule has 4 aromatic carbocycles. The van der Waals surface area contributed by atoms with Gasteiger partial charge in [-0.15, -0.1) is 0 Å². The Morgan fingerprint density at radius 3 is 1.18 bits per heavy atom. The van der Waals surface area contributed by atoms with Crippen LogP contribution in [0.3, 0.4) is 0 Å². The van der Waals surface area contributed by atoms with Crippen LogP contribution in [-0.4, -0.2) is 90.5 Å². The van der Waals surface area contributed by atoms with E-state index in [0.29, 0.717) is 35.7 Å². The van der Waals surface area contributed by atoms with Crippen LogP contribution >= 0.6 is 130 Å². The number of hydrogen-bond donors (Lipinski definition) is 6. The molecule has 2 amide bonds. The zero-order valence-electron chi connectivity index (χ0n) is 67.3. The molecule has 22 nitrogen and oxygen atoms in total. The number of alkyl halides is 1. The van der Waals surface area contributed by atoms with Crippen LogP contribution in [0.25, 0.3) is 11.1 Å². The monoisotopic (exact) mass is 2150 g/mol. The number of carbonyl (C=O) groups is 2. The van der Waals surface area contributed by atoms with Gasteiger partial charge in [-0.1, -0.05) is 82.7 Å². The summed E-state index contributed by atoms with van der Waals surface area (Å²) in [6, 6.07) is 68.4. The fraction of sp³-hybridized carbons (Fsp3) is 0.193. The van der Waals surface area contributed by atoms with Crippen LogP contribution in [0.1, 0.15) is 92.8 Å². The Labute approximate surface area is 769 Å². The lowest BCUT2D eigenvalue weighted by atomic mass is 9.80. The van der Waals surface area contributed by atoms with Crippen molar-refractivity contribution in [2.24, 2.45) is 0 Å². The number of pyridine rings is 9. The maximum atomic E-state index is 12.6. The van der Waals surface area contributed by atoms with Gasteiger partial charge in [0.15, 0.2) is 0 Å². The lowest BCUT2D eigenvalue weighted by molar-refractivity contribution is 0.0575. The first-order valence-electron chi connectivity index (χ1n) is 36.8. The lowest BCUT2D eigenvalue weighted by Gasteiger charge is -2.27. The normalized spacial score (nSPS) is 10.3. The van der Waals surface area contributed by atoms with E-state index < -0.39 is 30.5 Å². The Balaban J connectivity index is 0.000000222. The van der Waals surface area contributed by atoms with Crippen molar-refractivity contribution in [1.82, 2.24) is 44.9 Å². The van der Waals surface area contributed by atoms with Crippen LogP contribution in [0.15, 0.2) is 292 Å². The standard InChI is InChI=1S/C24H21N3O.C17H20BrN3O2.C12H11BO3.C12H12BrN3.C11H16N2O2.C6H5Br2N.C6H6BrNO.Br3P/c1-18-15-21(13-14-25-18)27-17-22-10-7-20(16-26-22)19-8-11-24(12-9-19)28-23-5-3-2-4-6-23;1-12-9-15(7-8-19-12)21(16(22)23-17(2,3)4)11-14-6-5-13(18)10-20-14;14-13(15)10-6-8-12(9-7-10)16-11-4-2-1-3-5-11;1-9-6-11(4-5-14-9)16-8-12-3-2-10(13)7-15-12;1-8-7-9(5-6-12-8)13-10(14)15-11(2,3)4;7-3-6-2-1-5(8)4-9-6;7-5-1-2-6(4-9)8-3-5;1-4(2)3/h2-16H,17H2,1H3,(H,25,27);5-10H,11H2,1-4H3;1-9,14-15H;2-7H,8H2,1H3,(H,14,16);5-7H,1-4H3,(H,12,13,14);1-2,4H,3H2;1-3,9H,4H2;. The van der Waals surface area contributed by atoms with Crippen LogP contribution in [0, 0.1) is 27.7 Å². The third-order valence-electron chi connectivity index (χ3n) is 15.0. The van der Waals surface area contributed by atoms with Crippen molar-refractivity contribution in [3.8, 4) is 34.1 Å². The van der Waals surface area contributed by atoms with Gasteiger partial charge in [0.2, 0.25) is 0 Å². The van der Waals surface area contributed by atoms with E-state index in [0.717, 1.165) is 121 Å². The van der Waals surface area contributed by atoms with Crippen molar-refractivity contribution in [1.29, 1.82) is 0 Å². The first-order chi connectivity index (χ1) is 57.2. The van der Waals surface area contributed by atoms with Gasteiger partial charge in [0, 0.05) is 124 Å². The van der Waals surface area contributed by atoms with Crippen LogP contribution < -0.4 is 35.8 Å². The van der Waals surface area contributed by atoms with Crippen LogP contribution in [0.4, 0.5) is 32.3 Å². The number of carbonyl (C=O) groups excluding carboxylic acids is 2. The Morgan fingerprint density at radius 1 is 0.425 bits per heavy atom. The SMILES string of the molecule is BrCc1ccc(Br)cn1.BrP(Br)Br.Cc1cc(N(Cc2ccc(Br)cn2)C(=O)OC(C)(C)C)ccn1.Cc1cc(NC(=O)OC(C)(C)C)ccn1.Cc1cc(NCc2ccc(-c3ccc(Oc4ccccc4)cc3)cn2)ccn1.Cc1cc(NCc2ccc(Br)cn2)ccn1.OB(O)c1ccc(Oc2ccccc2)cc1.OCc1ccc(Br)cn1. The van der Waals surface area contributed by atoms with E-state index in [9.17, 15) is 9.59 Å². The summed E-state index contributed by atoms with van der Waals surface area (Å²) in [4.78, 5) is 63.3. The lowest BCUT2D eigenvalue weighted by Crippen LogP contribution is -2.36. The van der Waals surface area contributed by atoms with Crippen molar-refractivity contribution in [2.45, 2.75) is 112 Å². The predicted molar refractivity (Wildman–Crippen MR) is 512 cm³/mol. The van der Waals surface area contributed by atoms with Crippen LogP contribution in [0.2, 0.25) is 0 Å². The summed E-state index contributed by atoms with van der Waals surface area (Å²) in [6.45, 7) is 20.4. The number of hydrogen-bond acceptors (Lipinski definition) is 20. The van der Waals surface area contributed by atoms with Gasteiger partial charge in [-0.25, -0.2) is 9.59 Å². The number of aliphatic hydroxyl groups is 1. The Bertz CT molecular complexity index is 5090. The molecular weight excluding hydrogens is 2060 g/mol. The van der Waals surface area contributed by atoms with Gasteiger partial charge < -0.3 is 44.7 Å². The van der Waals surface area contributed by atoms with E-state index in [1.807, 2.05) is 239 Å². The molecule has 0 spiro atoms. The molecule has 13 aromatic rings. The molecule has 9 aromatic heterocycles. The smallest absolute Gasteiger partial charge is 0.457 e. The summed E-state index contributed by atoms with van der Waals surface area (Å²) in [7, 11) is -1.44. The number of ether oxygens (including phenoxy) is 4. The van der Waals surface area contributed by atoms with Gasteiger partial charge >= 0.3 is 19.3 Å². The number of halogens is 8. The highest BCUT2D eigenvalue weighted by Gasteiger charge is 2.25. The van der Waals surface area contributed by atoms with E-state index in [4.69, 9.17) is 34.1 Å². The number of aryl methyl sites for hydroxylation is 4. The number of rotatable bonds is 18. The first kappa shape index (κ1) is 100.0. The van der Waals surface area contributed by atoms with E-state index in [-0.39, 0.29) is 10.6 Å². The van der Waals surface area contributed by atoms with Crippen molar-refractivity contribution in [3.05, 3.63) is 343 Å². The van der Waals surface area contributed by atoms with Crippen molar-refractivity contribution in [3.63, 3.8) is 0 Å². The van der Waals surface area contributed by atoms with Gasteiger partial charge in [-0.05, 0) is 342 Å². The van der Waals surface area contributed by atoms with Gasteiger partial charge in [0.25, 0.3) is 0 Å². The maximum absolute atomic E-state index is 12.6. The summed E-state index contributed by atoms with van der Waals surface area (Å²) in [5, 5.41) is 36.5. The zero-order valence-corrected chi connectivity index (χ0v) is 80.9. The van der Waals surface area contributed by atoms with E-state index in [1.54, 1.807) is 103 Å². The molecule has 0 atom stereocenters. The minimum atomic E-state index is -1.44. The molecule has 0 aliphatic heterocycles. The summed E-state index contributed by atoms with van der Waals surface area (Å²) in [6.07, 6.45) is 14.9. The Hall–Kier alpha value is -8.82. The predicted octanol–water partition coefficient (Wildman–Crippen LogP) is 24.9. The molecule has 9 heterocycles. The minimum absolute atomic E-state index is 0.00722. The minimum Gasteiger partial charge on any atom is -0.457 e. The molecule has 6 N–H and O–H groups in total. The average Bonchev–Trinajstić information content (AvgIpc) is 0.837. The number of aromatic nitrogens is 9. The molecule has 0 bridgehead atoms. The fourth-order valence-electron chi connectivity index (χ4n) is 9.55. The molecular formula is C88H91BBr8N13O9P. The van der Waals surface area contributed by atoms with Crippen LogP contribution in [0.5, 0.6) is 23.0 Å². The zero-order chi connectivity index (χ0) is 87.4. The van der Waals surface area contributed by atoms with E-state index in [1.165, 1.54) is 0 Å². The number of amides is 2. The number of anilines is 4. The molecule has 0 aliphatic carbocycles. The third-order valence-corrected chi connectivity index (χ3v) is 17.5. The molecule has 0 unspecified atom stereocenters. The third kappa shape index (κ3) is 42.6. The average molecular weight is 2160 g/mol. The molecule has 0 fully saturated rings. The van der Waals surface area contributed by atoms with Crippen molar-refractivity contribution >= 4 is 178 Å². The molecule has 0 saturated carbocycles. The Kier molecular flexibility index (Phi) is 44.9. The van der Waals surface area contributed by atoms with Gasteiger partial charge in [-0.3, -0.25) is 55.1 Å².